The number of anilines is 1. The van der Waals surface area contributed by atoms with Crippen LogP contribution < -0.4 is 11.1 Å². The molecule has 1 saturated carbocycles. The lowest BCUT2D eigenvalue weighted by Crippen LogP contribution is -2.32. The van der Waals surface area contributed by atoms with Crippen LogP contribution in [0.3, 0.4) is 0 Å². The Morgan fingerprint density at radius 1 is 1.41 bits per heavy atom. The fourth-order valence-corrected chi connectivity index (χ4v) is 3.42. The van der Waals surface area contributed by atoms with Crippen molar-refractivity contribution in [2.24, 2.45) is 5.73 Å². The Kier molecular flexibility index (Phi) is 3.73. The van der Waals surface area contributed by atoms with Crippen LogP contribution in [0.25, 0.3) is 0 Å². The Hall–Kier alpha value is -0.610. The van der Waals surface area contributed by atoms with E-state index in [2.05, 4.69) is 28.2 Å². The largest absolute Gasteiger partial charge is 0.389 e. The summed E-state index contributed by atoms with van der Waals surface area (Å²) in [7, 11) is 0. The Morgan fingerprint density at radius 2 is 2.06 bits per heavy atom. The van der Waals surface area contributed by atoms with Gasteiger partial charge in [-0.15, -0.1) is 0 Å². The molecule has 0 bridgehead atoms. The highest BCUT2D eigenvalue weighted by molar-refractivity contribution is 9.10. The fourth-order valence-electron chi connectivity index (χ4n) is 2.48. The van der Waals surface area contributed by atoms with Crippen LogP contribution in [0, 0.1) is 0 Å². The van der Waals surface area contributed by atoms with Crippen LogP contribution in [0.1, 0.15) is 38.2 Å². The van der Waals surface area contributed by atoms with Gasteiger partial charge in [-0.25, -0.2) is 0 Å². The lowest BCUT2D eigenvalue weighted by atomic mass is 9.99. The maximum absolute atomic E-state index is 5.79. The van der Waals surface area contributed by atoms with E-state index in [1.54, 1.807) is 0 Å². The molecule has 0 radical (unpaired) electrons. The van der Waals surface area contributed by atoms with Crippen molar-refractivity contribution in [1.29, 1.82) is 0 Å². The minimum absolute atomic E-state index is 0.181. The summed E-state index contributed by atoms with van der Waals surface area (Å²) in [6.07, 6.45) is 4.99. The molecule has 2 rings (SSSR count). The van der Waals surface area contributed by atoms with Gasteiger partial charge in [0.05, 0.1) is 0 Å². The standard InChI is InChI=1S/C13H17BrN2S/c1-13(7-2-3-8-13)16-10-6-4-5-9(14)11(10)12(15)17/h4-6,16H,2-3,7-8H2,1H3,(H2,15,17). The van der Waals surface area contributed by atoms with Crippen LogP contribution in [0.2, 0.25) is 0 Å². The smallest absolute Gasteiger partial charge is 0.107 e. The molecule has 3 N–H and O–H groups in total. The topological polar surface area (TPSA) is 38.0 Å². The van der Waals surface area contributed by atoms with Crippen LogP contribution in [0.15, 0.2) is 22.7 Å². The van der Waals surface area contributed by atoms with E-state index in [0.29, 0.717) is 4.99 Å². The summed E-state index contributed by atoms with van der Waals surface area (Å²) >= 11 is 8.63. The van der Waals surface area contributed by atoms with E-state index in [0.717, 1.165) is 15.7 Å². The Morgan fingerprint density at radius 3 is 2.65 bits per heavy atom. The number of thiocarbonyl (C=S) groups is 1. The predicted molar refractivity (Wildman–Crippen MR) is 80.5 cm³/mol. The summed E-state index contributed by atoms with van der Waals surface area (Å²) in [4.78, 5) is 0.432. The first-order chi connectivity index (χ1) is 8.02. The summed E-state index contributed by atoms with van der Waals surface area (Å²) in [5, 5.41) is 3.61. The van der Waals surface area contributed by atoms with Gasteiger partial charge in [-0.1, -0.05) is 31.1 Å². The normalized spacial score (nSPS) is 18.0. The van der Waals surface area contributed by atoms with Gasteiger partial charge in [-0.05, 0) is 47.8 Å². The van der Waals surface area contributed by atoms with Gasteiger partial charge in [0, 0.05) is 21.3 Å². The quantitative estimate of drug-likeness (QED) is 0.833. The highest BCUT2D eigenvalue weighted by atomic mass is 79.9. The van der Waals surface area contributed by atoms with Crippen LogP contribution >= 0.6 is 28.1 Å². The zero-order valence-corrected chi connectivity index (χ0v) is 12.3. The molecule has 0 atom stereocenters. The predicted octanol–water partition coefficient (Wildman–Crippen LogP) is 3.83. The number of rotatable bonds is 3. The van der Waals surface area contributed by atoms with Crippen LogP contribution in [0.5, 0.6) is 0 Å². The Labute approximate surface area is 116 Å². The van der Waals surface area contributed by atoms with E-state index in [9.17, 15) is 0 Å². The number of benzene rings is 1. The van der Waals surface area contributed by atoms with E-state index >= 15 is 0 Å². The van der Waals surface area contributed by atoms with Crippen molar-refractivity contribution in [3.05, 3.63) is 28.2 Å². The molecule has 1 fully saturated rings. The molecule has 1 aromatic rings. The highest BCUT2D eigenvalue weighted by Crippen LogP contribution is 2.35. The molecule has 0 heterocycles. The van der Waals surface area contributed by atoms with E-state index in [1.807, 2.05) is 18.2 Å². The number of nitrogens with two attached hydrogens (primary N) is 1. The maximum Gasteiger partial charge on any atom is 0.107 e. The van der Waals surface area contributed by atoms with Gasteiger partial charge < -0.3 is 11.1 Å². The van der Waals surface area contributed by atoms with Crippen LogP contribution in [-0.4, -0.2) is 10.5 Å². The summed E-state index contributed by atoms with van der Waals surface area (Å²) in [6, 6.07) is 6.02. The van der Waals surface area contributed by atoms with E-state index in [-0.39, 0.29) is 5.54 Å². The molecular formula is C13H17BrN2S. The molecule has 0 spiro atoms. The molecule has 0 aromatic heterocycles. The molecule has 0 aliphatic heterocycles. The Bertz CT molecular complexity index is 439. The second-order valence-corrected chi connectivity index (χ2v) is 6.21. The summed E-state index contributed by atoms with van der Waals surface area (Å²) in [5.41, 5.74) is 7.93. The van der Waals surface area contributed by atoms with E-state index < -0.39 is 0 Å². The third-order valence-electron chi connectivity index (χ3n) is 3.40. The lowest BCUT2D eigenvalue weighted by molar-refractivity contribution is 0.533. The van der Waals surface area contributed by atoms with Gasteiger partial charge in [-0.2, -0.15) is 0 Å². The molecule has 17 heavy (non-hydrogen) atoms. The second-order valence-electron chi connectivity index (χ2n) is 4.92. The molecule has 0 amide bonds. The molecule has 0 saturated heterocycles. The van der Waals surface area contributed by atoms with Crippen molar-refractivity contribution >= 4 is 38.8 Å². The number of nitrogens with one attached hydrogen (secondary N) is 1. The number of hydrogen-bond donors (Lipinski definition) is 2. The SMILES string of the molecule is CC1(Nc2cccc(Br)c2C(N)=S)CCCC1. The van der Waals surface area contributed by atoms with Crippen molar-refractivity contribution in [1.82, 2.24) is 0 Å². The van der Waals surface area contributed by atoms with Crippen molar-refractivity contribution in [3.8, 4) is 0 Å². The third kappa shape index (κ3) is 2.80. The monoisotopic (exact) mass is 312 g/mol. The van der Waals surface area contributed by atoms with Crippen molar-refractivity contribution < 1.29 is 0 Å². The molecule has 1 aliphatic rings. The zero-order valence-electron chi connectivity index (χ0n) is 9.92. The van der Waals surface area contributed by atoms with Gasteiger partial charge in [0.15, 0.2) is 0 Å². The average Bonchev–Trinajstić information content (AvgIpc) is 2.64. The lowest BCUT2D eigenvalue weighted by Gasteiger charge is -2.28. The van der Waals surface area contributed by atoms with Gasteiger partial charge >= 0.3 is 0 Å². The molecule has 2 nitrogen and oxygen atoms in total. The molecule has 92 valence electrons. The van der Waals surface area contributed by atoms with Crippen LogP contribution in [0.4, 0.5) is 5.69 Å². The van der Waals surface area contributed by atoms with Gasteiger partial charge in [0.25, 0.3) is 0 Å². The van der Waals surface area contributed by atoms with Crippen molar-refractivity contribution in [2.45, 2.75) is 38.1 Å². The molecule has 1 aliphatic carbocycles. The first-order valence-electron chi connectivity index (χ1n) is 5.88. The first kappa shape index (κ1) is 12.8. The number of halogens is 1. The molecule has 4 heteroatoms. The van der Waals surface area contributed by atoms with Gasteiger partial charge in [0.1, 0.15) is 4.99 Å². The fraction of sp³-hybridized carbons (Fsp3) is 0.462. The van der Waals surface area contributed by atoms with Gasteiger partial charge in [-0.3, -0.25) is 0 Å². The van der Waals surface area contributed by atoms with E-state index in [4.69, 9.17) is 18.0 Å². The summed E-state index contributed by atoms with van der Waals surface area (Å²) < 4.78 is 0.955. The second kappa shape index (κ2) is 4.94. The Balaban J connectivity index is 2.32. The van der Waals surface area contributed by atoms with Gasteiger partial charge in [0.2, 0.25) is 0 Å². The maximum atomic E-state index is 5.79. The third-order valence-corrected chi connectivity index (χ3v) is 4.27. The van der Waals surface area contributed by atoms with Crippen LogP contribution in [-0.2, 0) is 0 Å². The van der Waals surface area contributed by atoms with Crippen molar-refractivity contribution in [3.63, 3.8) is 0 Å². The highest BCUT2D eigenvalue weighted by Gasteiger charge is 2.29. The summed E-state index contributed by atoms with van der Waals surface area (Å²) in [5.74, 6) is 0. The molecule has 1 aromatic carbocycles. The van der Waals surface area contributed by atoms with Crippen molar-refractivity contribution in [2.75, 3.05) is 5.32 Å². The van der Waals surface area contributed by atoms with E-state index in [1.165, 1.54) is 25.7 Å². The average molecular weight is 313 g/mol. The minimum atomic E-state index is 0.181. The molecule has 0 unspecified atom stereocenters. The number of hydrogen-bond acceptors (Lipinski definition) is 2. The molecular weight excluding hydrogens is 296 g/mol. The zero-order chi connectivity index (χ0) is 12.5. The minimum Gasteiger partial charge on any atom is -0.389 e. The summed E-state index contributed by atoms with van der Waals surface area (Å²) in [6.45, 7) is 2.27. The first-order valence-corrected chi connectivity index (χ1v) is 7.08.